The maximum absolute atomic E-state index is 13.2. The molecule has 0 bridgehead atoms. The molecule has 21 heavy (non-hydrogen) atoms. The number of cyclic esters (lactones) is 1. The van der Waals surface area contributed by atoms with Crippen LogP contribution in [0, 0.1) is 12.7 Å². The van der Waals surface area contributed by atoms with Crippen molar-refractivity contribution in [2.75, 3.05) is 0 Å². The Morgan fingerprint density at radius 2 is 2.33 bits per heavy atom. The van der Waals surface area contributed by atoms with Gasteiger partial charge in [-0.1, -0.05) is 0 Å². The van der Waals surface area contributed by atoms with E-state index in [1.807, 2.05) is 11.5 Å². The molecule has 6 heteroatoms. The van der Waals surface area contributed by atoms with Crippen molar-refractivity contribution in [1.29, 1.82) is 0 Å². The molecule has 0 saturated carbocycles. The van der Waals surface area contributed by atoms with Gasteiger partial charge in [0.1, 0.15) is 17.7 Å². The third kappa shape index (κ3) is 2.90. The molecule has 3 rings (SSSR count). The van der Waals surface area contributed by atoms with E-state index in [1.54, 1.807) is 6.07 Å². The summed E-state index contributed by atoms with van der Waals surface area (Å²) in [5, 5.41) is 9.60. The first-order valence-electron chi connectivity index (χ1n) is 7.03. The molecule has 0 unspecified atom stereocenters. The van der Waals surface area contributed by atoms with Crippen molar-refractivity contribution in [2.45, 2.75) is 44.9 Å². The first kappa shape index (κ1) is 14.0. The maximum Gasteiger partial charge on any atom is 0.308 e. The summed E-state index contributed by atoms with van der Waals surface area (Å²) in [4.78, 5) is 15.7. The number of hydrogen-bond acceptors (Lipinski definition) is 4. The summed E-state index contributed by atoms with van der Waals surface area (Å²) in [7, 11) is 0. The monoisotopic (exact) mass is 292 g/mol. The van der Waals surface area contributed by atoms with Gasteiger partial charge in [-0.2, -0.15) is 0 Å². The fourth-order valence-corrected chi connectivity index (χ4v) is 2.82. The lowest BCUT2D eigenvalue weighted by molar-refractivity contribution is -0.160. The Bertz CT molecular complexity index is 683. The Labute approximate surface area is 121 Å². The summed E-state index contributed by atoms with van der Waals surface area (Å²) in [6.45, 7) is 2.47. The third-order valence-corrected chi connectivity index (χ3v) is 3.81. The van der Waals surface area contributed by atoms with Gasteiger partial charge in [0, 0.05) is 25.5 Å². The molecule has 5 nitrogen and oxygen atoms in total. The molecule has 2 heterocycles. The van der Waals surface area contributed by atoms with Gasteiger partial charge in [0.25, 0.3) is 0 Å². The predicted molar refractivity (Wildman–Crippen MR) is 74.2 cm³/mol. The van der Waals surface area contributed by atoms with E-state index in [1.165, 1.54) is 12.1 Å². The summed E-state index contributed by atoms with van der Waals surface area (Å²) in [5.74, 6) is 0.128. The minimum atomic E-state index is -0.619. The molecular formula is C15H17FN2O3. The van der Waals surface area contributed by atoms with Gasteiger partial charge in [-0.15, -0.1) is 0 Å². The minimum Gasteiger partial charge on any atom is -0.462 e. The van der Waals surface area contributed by atoms with E-state index in [4.69, 9.17) is 4.74 Å². The highest BCUT2D eigenvalue weighted by atomic mass is 19.1. The molecule has 1 saturated heterocycles. The lowest BCUT2D eigenvalue weighted by Crippen LogP contribution is -2.33. The maximum atomic E-state index is 13.2. The van der Waals surface area contributed by atoms with Gasteiger partial charge >= 0.3 is 5.97 Å². The fraction of sp³-hybridized carbons (Fsp3) is 0.467. The van der Waals surface area contributed by atoms with E-state index in [0.717, 1.165) is 11.3 Å². The number of fused-ring (bicyclic) bond motifs is 1. The van der Waals surface area contributed by atoms with E-state index in [-0.39, 0.29) is 24.3 Å². The molecule has 1 aliphatic rings. The molecular weight excluding hydrogens is 275 g/mol. The largest absolute Gasteiger partial charge is 0.462 e. The molecule has 1 fully saturated rings. The van der Waals surface area contributed by atoms with E-state index < -0.39 is 6.10 Å². The predicted octanol–water partition coefficient (Wildman–Crippen LogP) is 1.94. The van der Waals surface area contributed by atoms with Crippen LogP contribution in [-0.4, -0.2) is 32.8 Å². The summed E-state index contributed by atoms with van der Waals surface area (Å²) < 4.78 is 20.4. The van der Waals surface area contributed by atoms with Crippen LogP contribution in [0.25, 0.3) is 11.0 Å². The number of ether oxygens (including phenoxy) is 1. The summed E-state index contributed by atoms with van der Waals surface area (Å²) in [6, 6.07) is 4.51. The van der Waals surface area contributed by atoms with E-state index >= 15 is 0 Å². The van der Waals surface area contributed by atoms with Gasteiger partial charge in [-0.25, -0.2) is 9.37 Å². The molecule has 1 aromatic heterocycles. The molecule has 2 atom stereocenters. The van der Waals surface area contributed by atoms with Crippen LogP contribution in [0.1, 0.15) is 25.1 Å². The SMILES string of the molecule is Cc1nc2cc(F)ccc2n1CC[C@@H]1C[C@@H](O)CC(=O)O1. The van der Waals surface area contributed by atoms with E-state index in [9.17, 15) is 14.3 Å². The quantitative estimate of drug-likeness (QED) is 0.878. The fourth-order valence-electron chi connectivity index (χ4n) is 2.82. The molecule has 112 valence electrons. The Balaban J connectivity index is 1.76. The number of halogens is 1. The smallest absolute Gasteiger partial charge is 0.308 e. The van der Waals surface area contributed by atoms with Crippen LogP contribution >= 0.6 is 0 Å². The van der Waals surface area contributed by atoms with Crippen LogP contribution in [0.2, 0.25) is 0 Å². The number of carbonyl (C=O) groups excluding carboxylic acids is 1. The summed E-state index contributed by atoms with van der Waals surface area (Å²) in [6.07, 6.45) is 0.242. The zero-order valence-electron chi connectivity index (χ0n) is 11.8. The number of esters is 1. The highest BCUT2D eigenvalue weighted by molar-refractivity contribution is 5.76. The van der Waals surface area contributed by atoms with Crippen molar-refractivity contribution in [2.24, 2.45) is 0 Å². The van der Waals surface area contributed by atoms with Crippen LogP contribution in [0.5, 0.6) is 0 Å². The van der Waals surface area contributed by atoms with Crippen LogP contribution in [-0.2, 0) is 16.1 Å². The summed E-state index contributed by atoms with van der Waals surface area (Å²) in [5.41, 5.74) is 1.48. The zero-order valence-corrected chi connectivity index (χ0v) is 11.8. The number of imidazole rings is 1. The molecule has 1 N–H and O–H groups in total. The molecule has 0 spiro atoms. The van der Waals surface area contributed by atoms with Gasteiger partial charge in [0.05, 0.1) is 23.6 Å². The van der Waals surface area contributed by atoms with Crippen molar-refractivity contribution < 1.29 is 19.0 Å². The van der Waals surface area contributed by atoms with Crippen molar-refractivity contribution in [3.63, 3.8) is 0 Å². The lowest BCUT2D eigenvalue weighted by atomic mass is 10.0. The van der Waals surface area contributed by atoms with Gasteiger partial charge < -0.3 is 14.4 Å². The number of aromatic nitrogens is 2. The Kier molecular flexibility index (Phi) is 3.63. The molecule has 0 amide bonds. The molecule has 0 aliphatic carbocycles. The highest BCUT2D eigenvalue weighted by Gasteiger charge is 2.27. The number of hydrogen-bond donors (Lipinski definition) is 1. The normalized spacial score (nSPS) is 22.5. The summed E-state index contributed by atoms with van der Waals surface area (Å²) >= 11 is 0. The first-order valence-corrected chi connectivity index (χ1v) is 7.03. The van der Waals surface area contributed by atoms with Crippen molar-refractivity contribution in [3.05, 3.63) is 29.8 Å². The second kappa shape index (κ2) is 5.44. The van der Waals surface area contributed by atoms with Crippen LogP contribution in [0.4, 0.5) is 4.39 Å². The number of aliphatic hydroxyl groups is 1. The average molecular weight is 292 g/mol. The average Bonchev–Trinajstić information content (AvgIpc) is 2.70. The Morgan fingerprint density at radius 3 is 3.10 bits per heavy atom. The highest BCUT2D eigenvalue weighted by Crippen LogP contribution is 2.21. The number of benzene rings is 1. The second-order valence-corrected chi connectivity index (χ2v) is 5.44. The van der Waals surface area contributed by atoms with Crippen molar-refractivity contribution in [1.82, 2.24) is 9.55 Å². The first-order chi connectivity index (χ1) is 10.0. The standard InChI is InChI=1S/C15H17FN2O3/c1-9-17-13-6-10(16)2-3-14(13)18(9)5-4-12-7-11(19)8-15(20)21-12/h2-3,6,11-12,19H,4-5,7-8H2,1H3/t11-,12-/m1/s1. The topological polar surface area (TPSA) is 64.3 Å². The third-order valence-electron chi connectivity index (χ3n) is 3.81. The van der Waals surface area contributed by atoms with Gasteiger partial charge in [0.15, 0.2) is 0 Å². The Morgan fingerprint density at radius 1 is 1.52 bits per heavy atom. The lowest BCUT2D eigenvalue weighted by Gasteiger charge is -2.26. The number of carbonyl (C=O) groups is 1. The molecule has 2 aromatic rings. The molecule has 0 radical (unpaired) electrons. The second-order valence-electron chi connectivity index (χ2n) is 5.44. The van der Waals surface area contributed by atoms with Crippen LogP contribution < -0.4 is 0 Å². The minimum absolute atomic E-state index is 0.0722. The van der Waals surface area contributed by atoms with Gasteiger partial charge in [0.2, 0.25) is 0 Å². The van der Waals surface area contributed by atoms with E-state index in [0.29, 0.717) is 24.9 Å². The number of aliphatic hydroxyl groups excluding tert-OH is 1. The van der Waals surface area contributed by atoms with Crippen LogP contribution in [0.15, 0.2) is 18.2 Å². The van der Waals surface area contributed by atoms with Crippen LogP contribution in [0.3, 0.4) is 0 Å². The number of aryl methyl sites for hydroxylation is 2. The Hall–Kier alpha value is -1.95. The molecule has 1 aromatic carbocycles. The number of rotatable bonds is 3. The zero-order chi connectivity index (χ0) is 15.0. The van der Waals surface area contributed by atoms with Gasteiger partial charge in [-0.3, -0.25) is 4.79 Å². The van der Waals surface area contributed by atoms with Crippen molar-refractivity contribution in [3.8, 4) is 0 Å². The molecule has 1 aliphatic heterocycles. The van der Waals surface area contributed by atoms with Gasteiger partial charge in [-0.05, 0) is 19.1 Å². The van der Waals surface area contributed by atoms with E-state index in [2.05, 4.69) is 4.98 Å². The number of nitrogens with zero attached hydrogens (tertiary/aromatic N) is 2. The van der Waals surface area contributed by atoms with Crippen molar-refractivity contribution >= 4 is 17.0 Å².